The van der Waals surface area contributed by atoms with Crippen LogP contribution in [0.15, 0.2) is 125 Å². The predicted molar refractivity (Wildman–Crippen MR) is 135 cm³/mol. The van der Waals surface area contributed by atoms with Crippen molar-refractivity contribution >= 4 is 15.9 Å². The van der Waals surface area contributed by atoms with Crippen LogP contribution in [0.25, 0.3) is 28.2 Å². The van der Waals surface area contributed by atoms with E-state index in [2.05, 4.69) is 20.9 Å². The number of para-hydroxylation sites is 2. The summed E-state index contributed by atoms with van der Waals surface area (Å²) in [5.41, 5.74) is 3.60. The minimum atomic E-state index is -0.268. The Hall–Kier alpha value is -3.96. The van der Waals surface area contributed by atoms with Gasteiger partial charge in [0.15, 0.2) is 0 Å². The highest BCUT2D eigenvalue weighted by atomic mass is 79.9. The van der Waals surface area contributed by atoms with Crippen molar-refractivity contribution in [3.05, 3.63) is 130 Å². The lowest BCUT2D eigenvalue weighted by Gasteiger charge is -2.21. The summed E-state index contributed by atoms with van der Waals surface area (Å²) >= 11 is 3.70. The minimum absolute atomic E-state index is 0.199. The zero-order chi connectivity index (χ0) is 22.6. The molecular weight excluding hydrogens is 476 g/mol. The van der Waals surface area contributed by atoms with Gasteiger partial charge in [0.05, 0.1) is 15.9 Å². The van der Waals surface area contributed by atoms with E-state index in [1.165, 1.54) is 0 Å². The number of pyridine rings is 2. The number of hydrogen-bond acceptors (Lipinski definition) is 3. The van der Waals surface area contributed by atoms with Gasteiger partial charge in [-0.15, -0.1) is 0 Å². The lowest BCUT2D eigenvalue weighted by Crippen LogP contribution is -2.23. The van der Waals surface area contributed by atoms with E-state index in [1.54, 1.807) is 10.8 Å². The Kier molecular flexibility index (Phi) is 5.87. The van der Waals surface area contributed by atoms with Crippen LogP contribution in [0.4, 0.5) is 0 Å². The van der Waals surface area contributed by atoms with Gasteiger partial charge in [-0.1, -0.05) is 72.8 Å². The van der Waals surface area contributed by atoms with Gasteiger partial charge in [-0.2, -0.15) is 0 Å². The Morgan fingerprint density at radius 1 is 0.727 bits per heavy atom. The van der Waals surface area contributed by atoms with Crippen molar-refractivity contribution in [2.75, 3.05) is 0 Å². The van der Waals surface area contributed by atoms with Crippen LogP contribution in [0, 0.1) is 0 Å². The third-order valence-corrected chi connectivity index (χ3v) is 5.98. The van der Waals surface area contributed by atoms with E-state index in [-0.39, 0.29) is 11.3 Å². The van der Waals surface area contributed by atoms with Crippen LogP contribution in [0.2, 0.25) is 0 Å². The van der Waals surface area contributed by atoms with E-state index in [9.17, 15) is 4.79 Å². The van der Waals surface area contributed by atoms with Gasteiger partial charge in [0.1, 0.15) is 5.75 Å². The summed E-state index contributed by atoms with van der Waals surface area (Å²) in [6.07, 6.45) is 1.74. The predicted octanol–water partition coefficient (Wildman–Crippen LogP) is 7.12. The molecule has 0 radical (unpaired) electrons. The second kappa shape index (κ2) is 9.27. The lowest BCUT2D eigenvalue weighted by atomic mass is 10.0. The molecule has 4 nitrogen and oxygen atoms in total. The molecule has 0 saturated heterocycles. The Morgan fingerprint density at radius 3 is 1.97 bits per heavy atom. The minimum Gasteiger partial charge on any atom is -0.450 e. The first kappa shape index (κ1) is 20.9. The molecule has 0 bridgehead atoms. The fourth-order valence-corrected chi connectivity index (χ4v) is 4.40. The van der Waals surface area contributed by atoms with Crippen molar-refractivity contribution in [2.45, 2.75) is 0 Å². The summed E-state index contributed by atoms with van der Waals surface area (Å²) in [5.74, 6) is 0.778. The van der Waals surface area contributed by atoms with E-state index in [4.69, 9.17) is 4.74 Å². The van der Waals surface area contributed by atoms with E-state index < -0.39 is 0 Å². The van der Waals surface area contributed by atoms with Crippen molar-refractivity contribution in [3.8, 4) is 39.7 Å². The maximum absolute atomic E-state index is 14.0. The Labute approximate surface area is 199 Å². The number of benzene rings is 3. The van der Waals surface area contributed by atoms with Gasteiger partial charge in [0.2, 0.25) is 5.75 Å². The molecule has 2 heterocycles. The maximum Gasteiger partial charge on any atom is 0.299 e. The first-order valence-corrected chi connectivity index (χ1v) is 11.3. The van der Waals surface area contributed by atoms with Gasteiger partial charge in [0.25, 0.3) is 5.56 Å². The lowest BCUT2D eigenvalue weighted by molar-refractivity contribution is 0.469. The number of ether oxygens (including phenoxy) is 1. The Morgan fingerprint density at radius 2 is 1.33 bits per heavy atom. The topological polar surface area (TPSA) is 44.1 Å². The molecule has 0 amide bonds. The summed E-state index contributed by atoms with van der Waals surface area (Å²) in [6.45, 7) is 0. The number of rotatable bonds is 5. The zero-order valence-electron chi connectivity index (χ0n) is 17.6. The fourth-order valence-electron chi connectivity index (χ4n) is 3.76. The van der Waals surface area contributed by atoms with E-state index >= 15 is 0 Å². The molecule has 3 aromatic carbocycles. The van der Waals surface area contributed by atoms with Crippen molar-refractivity contribution in [3.63, 3.8) is 0 Å². The van der Waals surface area contributed by atoms with Gasteiger partial charge in [-0.25, -0.2) is 0 Å². The molecule has 160 valence electrons. The van der Waals surface area contributed by atoms with Gasteiger partial charge < -0.3 is 4.74 Å². The first-order valence-electron chi connectivity index (χ1n) is 10.5. The molecule has 2 aromatic heterocycles. The molecule has 5 rings (SSSR count). The van der Waals surface area contributed by atoms with Crippen molar-refractivity contribution in [2.24, 2.45) is 0 Å². The molecule has 0 atom stereocenters. The molecule has 0 N–H and O–H groups in total. The Balaban J connectivity index is 1.91. The van der Waals surface area contributed by atoms with E-state index in [0.717, 1.165) is 28.2 Å². The van der Waals surface area contributed by atoms with Gasteiger partial charge in [0, 0.05) is 17.4 Å². The van der Waals surface area contributed by atoms with Crippen LogP contribution in [-0.4, -0.2) is 9.55 Å². The molecule has 5 aromatic rings. The number of halogens is 1. The maximum atomic E-state index is 14.0. The molecule has 0 saturated carbocycles. The normalized spacial score (nSPS) is 10.7. The van der Waals surface area contributed by atoms with E-state index in [1.807, 2.05) is 109 Å². The van der Waals surface area contributed by atoms with Crippen molar-refractivity contribution < 1.29 is 4.74 Å². The SMILES string of the molecule is O=c1c(Oc2ccccc2)c(Br)c(-c2ccccn2)c(-c2ccccc2)n1-c1ccccc1. The van der Waals surface area contributed by atoms with E-state index in [0.29, 0.717) is 10.2 Å². The van der Waals surface area contributed by atoms with Crippen molar-refractivity contribution in [1.29, 1.82) is 0 Å². The molecule has 33 heavy (non-hydrogen) atoms. The zero-order valence-corrected chi connectivity index (χ0v) is 19.1. The smallest absolute Gasteiger partial charge is 0.299 e. The summed E-state index contributed by atoms with van der Waals surface area (Å²) in [4.78, 5) is 18.6. The Bertz CT molecular complexity index is 1440. The van der Waals surface area contributed by atoms with Crippen LogP contribution >= 0.6 is 15.9 Å². The van der Waals surface area contributed by atoms with Crippen molar-refractivity contribution in [1.82, 2.24) is 9.55 Å². The number of aromatic nitrogens is 2. The molecular formula is C28H19BrN2O2. The molecule has 5 heteroatoms. The molecule has 0 unspecified atom stereocenters. The third-order valence-electron chi connectivity index (χ3n) is 5.22. The van der Waals surface area contributed by atoms with Gasteiger partial charge in [-0.05, 0) is 57.9 Å². The van der Waals surface area contributed by atoms with Crippen LogP contribution in [0.3, 0.4) is 0 Å². The molecule has 0 aliphatic rings. The number of hydrogen-bond donors (Lipinski definition) is 0. The van der Waals surface area contributed by atoms with Gasteiger partial charge >= 0.3 is 0 Å². The summed E-state index contributed by atoms with van der Waals surface area (Å²) in [5, 5.41) is 0. The average Bonchev–Trinajstić information content (AvgIpc) is 2.88. The van der Waals surface area contributed by atoms with Crippen LogP contribution in [0.5, 0.6) is 11.5 Å². The molecule has 0 spiro atoms. The van der Waals surface area contributed by atoms with Crippen LogP contribution in [0.1, 0.15) is 0 Å². The highest BCUT2D eigenvalue weighted by Crippen LogP contribution is 2.42. The number of nitrogens with zero attached hydrogens (tertiary/aromatic N) is 2. The second-order valence-corrected chi connectivity index (χ2v) is 8.13. The highest BCUT2D eigenvalue weighted by Gasteiger charge is 2.25. The summed E-state index contributed by atoms with van der Waals surface area (Å²) < 4.78 is 8.40. The quantitative estimate of drug-likeness (QED) is 0.261. The highest BCUT2D eigenvalue weighted by molar-refractivity contribution is 9.10. The molecule has 0 fully saturated rings. The monoisotopic (exact) mass is 494 g/mol. The third kappa shape index (κ3) is 4.11. The molecule has 0 aliphatic heterocycles. The first-order chi connectivity index (χ1) is 16.2. The fraction of sp³-hybridized carbons (Fsp3) is 0. The largest absolute Gasteiger partial charge is 0.450 e. The molecule has 0 aliphatic carbocycles. The summed E-state index contributed by atoms with van der Waals surface area (Å²) in [6, 6.07) is 34.5. The van der Waals surface area contributed by atoms with Crippen LogP contribution < -0.4 is 10.3 Å². The summed E-state index contributed by atoms with van der Waals surface area (Å²) in [7, 11) is 0. The standard InChI is InChI=1S/C28H19BrN2O2/c29-25-24(23-18-10-11-19-30-23)26(20-12-4-1-5-13-20)31(21-14-6-2-7-15-21)28(32)27(25)33-22-16-8-3-9-17-22/h1-19H. The van der Waals surface area contributed by atoms with Crippen LogP contribution in [-0.2, 0) is 0 Å². The second-order valence-electron chi connectivity index (χ2n) is 7.34. The average molecular weight is 495 g/mol. The van der Waals surface area contributed by atoms with Gasteiger partial charge in [-0.3, -0.25) is 14.3 Å².